The lowest BCUT2D eigenvalue weighted by Gasteiger charge is -2.10. The van der Waals surface area contributed by atoms with Gasteiger partial charge in [-0.1, -0.05) is 6.07 Å². The van der Waals surface area contributed by atoms with Crippen molar-refractivity contribution in [2.45, 2.75) is 19.8 Å². The highest BCUT2D eigenvalue weighted by Gasteiger charge is 2.22. The van der Waals surface area contributed by atoms with Gasteiger partial charge in [0.25, 0.3) is 0 Å². The highest BCUT2D eigenvalue weighted by Crippen LogP contribution is 2.29. The number of fused-ring (bicyclic) bond motifs is 1. The van der Waals surface area contributed by atoms with Crippen LogP contribution >= 0.6 is 0 Å². The number of hydrogen-bond acceptors (Lipinski definition) is 2. The lowest BCUT2D eigenvalue weighted by Crippen LogP contribution is -2.20. The van der Waals surface area contributed by atoms with E-state index >= 15 is 0 Å². The Kier molecular flexibility index (Phi) is 2.90. The van der Waals surface area contributed by atoms with Gasteiger partial charge in [0.1, 0.15) is 0 Å². The molecule has 1 unspecified atom stereocenters. The van der Waals surface area contributed by atoms with Crippen LogP contribution in [0.3, 0.4) is 0 Å². The van der Waals surface area contributed by atoms with E-state index in [1.807, 2.05) is 19.9 Å². The van der Waals surface area contributed by atoms with Crippen LogP contribution in [0.1, 0.15) is 22.6 Å². The zero-order valence-corrected chi connectivity index (χ0v) is 9.95. The number of hydrogen-bond donors (Lipinski definition) is 3. The van der Waals surface area contributed by atoms with E-state index in [9.17, 15) is 4.79 Å². The fourth-order valence-corrected chi connectivity index (χ4v) is 2.33. The quantitative estimate of drug-likeness (QED) is 0.756. The van der Waals surface area contributed by atoms with Crippen LogP contribution in [0, 0.1) is 13.8 Å². The molecule has 1 aromatic carbocycles. The number of nitrogens with two attached hydrogens (primary N) is 1. The van der Waals surface area contributed by atoms with Crippen LogP contribution in [0.15, 0.2) is 18.3 Å². The van der Waals surface area contributed by atoms with Crippen molar-refractivity contribution in [2.24, 2.45) is 5.73 Å². The van der Waals surface area contributed by atoms with Crippen LogP contribution in [-0.2, 0) is 4.79 Å². The van der Waals surface area contributed by atoms with Crippen LogP contribution in [0.4, 0.5) is 0 Å². The van der Waals surface area contributed by atoms with E-state index < -0.39 is 11.9 Å². The first kappa shape index (κ1) is 11.7. The first-order valence-corrected chi connectivity index (χ1v) is 5.55. The largest absolute Gasteiger partial charge is 0.481 e. The lowest BCUT2D eigenvalue weighted by molar-refractivity contribution is -0.138. The molecule has 2 rings (SSSR count). The van der Waals surface area contributed by atoms with E-state index in [1.165, 1.54) is 0 Å². The third kappa shape index (κ3) is 1.91. The molecule has 0 saturated heterocycles. The van der Waals surface area contributed by atoms with Gasteiger partial charge in [0.15, 0.2) is 0 Å². The molecule has 0 bridgehead atoms. The Morgan fingerprint density at radius 3 is 2.76 bits per heavy atom. The van der Waals surface area contributed by atoms with Crippen LogP contribution in [0.5, 0.6) is 0 Å². The lowest BCUT2D eigenvalue weighted by atomic mass is 9.95. The molecule has 1 heterocycles. The minimum atomic E-state index is -0.881. The van der Waals surface area contributed by atoms with Crippen molar-refractivity contribution in [2.75, 3.05) is 6.54 Å². The van der Waals surface area contributed by atoms with Gasteiger partial charge in [-0.3, -0.25) is 4.79 Å². The van der Waals surface area contributed by atoms with Crippen molar-refractivity contribution >= 4 is 16.9 Å². The molecule has 1 aromatic heterocycles. The molecular weight excluding hydrogens is 216 g/mol. The molecule has 0 aliphatic rings. The summed E-state index contributed by atoms with van der Waals surface area (Å²) >= 11 is 0. The molecule has 4 heteroatoms. The summed E-state index contributed by atoms with van der Waals surface area (Å²) in [7, 11) is 0. The smallest absolute Gasteiger partial charge is 0.312 e. The number of carbonyl (C=O) groups is 1. The first-order valence-electron chi connectivity index (χ1n) is 5.55. The van der Waals surface area contributed by atoms with Gasteiger partial charge in [0.05, 0.1) is 5.92 Å². The fourth-order valence-electron chi connectivity index (χ4n) is 2.33. The highest BCUT2D eigenvalue weighted by atomic mass is 16.4. The monoisotopic (exact) mass is 232 g/mol. The molecule has 0 saturated carbocycles. The van der Waals surface area contributed by atoms with E-state index in [0.717, 1.165) is 27.6 Å². The minimum Gasteiger partial charge on any atom is -0.481 e. The molecule has 17 heavy (non-hydrogen) atoms. The van der Waals surface area contributed by atoms with Crippen molar-refractivity contribution in [1.29, 1.82) is 0 Å². The van der Waals surface area contributed by atoms with E-state index in [2.05, 4.69) is 11.1 Å². The molecule has 0 aliphatic carbocycles. The van der Waals surface area contributed by atoms with Gasteiger partial charge in [-0.15, -0.1) is 0 Å². The van der Waals surface area contributed by atoms with Crippen LogP contribution < -0.4 is 5.73 Å². The molecular formula is C13H16N2O2. The average molecular weight is 232 g/mol. The van der Waals surface area contributed by atoms with E-state index in [0.29, 0.717) is 0 Å². The summed E-state index contributed by atoms with van der Waals surface area (Å²) in [4.78, 5) is 14.3. The summed E-state index contributed by atoms with van der Waals surface area (Å²) in [6, 6.07) is 4.07. The second-order valence-electron chi connectivity index (χ2n) is 4.37. The van der Waals surface area contributed by atoms with E-state index in [-0.39, 0.29) is 6.54 Å². The molecule has 0 fully saturated rings. The highest BCUT2D eigenvalue weighted by molar-refractivity contribution is 5.92. The number of carboxylic acids is 1. The zero-order valence-electron chi connectivity index (χ0n) is 9.95. The second-order valence-corrected chi connectivity index (χ2v) is 4.37. The number of benzene rings is 1. The van der Waals surface area contributed by atoms with E-state index in [1.54, 1.807) is 6.20 Å². The SMILES string of the molecule is Cc1cc(C)c2c(C(CN)C(=O)O)c[nH]c2c1. The maximum atomic E-state index is 11.2. The normalized spacial score (nSPS) is 12.9. The summed E-state index contributed by atoms with van der Waals surface area (Å²) in [5.41, 5.74) is 9.52. The predicted octanol–water partition coefficient (Wildman–Crippen LogP) is 1.91. The second kappa shape index (κ2) is 4.22. The summed E-state index contributed by atoms with van der Waals surface area (Å²) in [5.74, 6) is -1.53. The number of nitrogens with one attached hydrogen (secondary N) is 1. The molecule has 4 N–H and O–H groups in total. The molecule has 0 radical (unpaired) electrons. The van der Waals surface area contributed by atoms with Gasteiger partial charge < -0.3 is 15.8 Å². The molecule has 0 aliphatic heterocycles. The van der Waals surface area contributed by atoms with Gasteiger partial charge >= 0.3 is 5.97 Å². The van der Waals surface area contributed by atoms with Crippen molar-refractivity contribution < 1.29 is 9.90 Å². The summed E-state index contributed by atoms with van der Waals surface area (Å²) in [6.07, 6.45) is 1.75. The Morgan fingerprint density at radius 1 is 1.47 bits per heavy atom. The number of rotatable bonds is 3. The summed E-state index contributed by atoms with van der Waals surface area (Å²) in [5, 5.41) is 10.1. The van der Waals surface area contributed by atoms with Crippen molar-refractivity contribution in [3.05, 3.63) is 35.0 Å². The molecule has 0 amide bonds. The number of aryl methyl sites for hydroxylation is 2. The predicted molar refractivity (Wildman–Crippen MR) is 67.2 cm³/mol. The summed E-state index contributed by atoms with van der Waals surface area (Å²) in [6.45, 7) is 4.11. The fraction of sp³-hybridized carbons (Fsp3) is 0.308. The van der Waals surface area contributed by atoms with Crippen LogP contribution in [0.25, 0.3) is 10.9 Å². The molecule has 1 atom stereocenters. The molecule has 0 spiro atoms. The van der Waals surface area contributed by atoms with Gasteiger partial charge in [0, 0.05) is 23.6 Å². The molecule has 4 nitrogen and oxygen atoms in total. The maximum absolute atomic E-state index is 11.2. The molecule has 2 aromatic rings. The van der Waals surface area contributed by atoms with E-state index in [4.69, 9.17) is 10.8 Å². The number of carboxylic acid groups (broad SMARTS) is 1. The standard InChI is InChI=1S/C13H16N2O2/c1-7-3-8(2)12-10(6-15-11(12)4-7)9(5-14)13(16)17/h3-4,6,9,15H,5,14H2,1-2H3,(H,16,17). The average Bonchev–Trinajstić information content (AvgIpc) is 2.62. The van der Waals surface area contributed by atoms with Gasteiger partial charge in [-0.05, 0) is 36.6 Å². The zero-order chi connectivity index (χ0) is 12.6. The Morgan fingerprint density at radius 2 is 2.18 bits per heavy atom. The van der Waals surface area contributed by atoms with Crippen molar-refractivity contribution in [1.82, 2.24) is 4.98 Å². The van der Waals surface area contributed by atoms with Gasteiger partial charge in [-0.25, -0.2) is 0 Å². The third-order valence-electron chi connectivity index (χ3n) is 3.06. The molecule has 90 valence electrons. The Balaban J connectivity index is 2.67. The third-order valence-corrected chi connectivity index (χ3v) is 3.06. The number of H-pyrrole nitrogens is 1. The topological polar surface area (TPSA) is 79.1 Å². The van der Waals surface area contributed by atoms with Gasteiger partial charge in [-0.2, -0.15) is 0 Å². The number of aromatic amines is 1. The Hall–Kier alpha value is -1.81. The first-order chi connectivity index (χ1) is 8.04. The Labute approximate surface area is 99.4 Å². The minimum absolute atomic E-state index is 0.107. The van der Waals surface area contributed by atoms with Crippen molar-refractivity contribution in [3.8, 4) is 0 Å². The Bertz CT molecular complexity index is 572. The number of aliphatic carboxylic acids is 1. The maximum Gasteiger partial charge on any atom is 0.312 e. The van der Waals surface area contributed by atoms with Gasteiger partial charge in [0.2, 0.25) is 0 Å². The van der Waals surface area contributed by atoms with Crippen LogP contribution in [-0.4, -0.2) is 22.6 Å². The van der Waals surface area contributed by atoms with Crippen molar-refractivity contribution in [3.63, 3.8) is 0 Å². The van der Waals surface area contributed by atoms with Crippen LogP contribution in [0.2, 0.25) is 0 Å². The number of aromatic nitrogens is 1. The summed E-state index contributed by atoms with van der Waals surface area (Å²) < 4.78 is 0.